The SMILES string of the molecule is Cc1nc2ncnn2c(N[C@H]2CCCc3ccccc32)c1C. The first-order valence-electron chi connectivity index (χ1n) is 7.75. The fourth-order valence-corrected chi connectivity index (χ4v) is 3.27. The molecule has 4 rings (SSSR count). The minimum atomic E-state index is 0.317. The monoisotopic (exact) mass is 293 g/mol. The summed E-state index contributed by atoms with van der Waals surface area (Å²) in [5.74, 6) is 1.65. The molecule has 0 saturated heterocycles. The second-order valence-corrected chi connectivity index (χ2v) is 5.93. The van der Waals surface area contributed by atoms with E-state index in [1.54, 1.807) is 10.8 Å². The quantitative estimate of drug-likeness (QED) is 0.788. The van der Waals surface area contributed by atoms with Gasteiger partial charge in [-0.2, -0.15) is 14.6 Å². The first-order valence-corrected chi connectivity index (χ1v) is 7.75. The summed E-state index contributed by atoms with van der Waals surface area (Å²) in [4.78, 5) is 8.70. The van der Waals surface area contributed by atoms with Gasteiger partial charge in [0, 0.05) is 11.3 Å². The van der Waals surface area contributed by atoms with Gasteiger partial charge in [-0.05, 0) is 44.2 Å². The summed E-state index contributed by atoms with van der Waals surface area (Å²) in [5, 5.41) is 8.02. The van der Waals surface area contributed by atoms with E-state index in [0.29, 0.717) is 11.8 Å². The van der Waals surface area contributed by atoms with Crippen LogP contribution in [0.4, 0.5) is 5.82 Å². The standard InChI is InChI=1S/C17H19N5/c1-11-12(2)20-17-18-10-19-22(17)16(11)21-15-9-5-7-13-6-3-4-8-14(13)15/h3-4,6,8,10,15,21H,5,7,9H2,1-2H3/t15-/m0/s1. The third-order valence-corrected chi connectivity index (χ3v) is 4.59. The maximum absolute atomic E-state index is 4.48. The van der Waals surface area contributed by atoms with Gasteiger partial charge in [0.1, 0.15) is 12.1 Å². The van der Waals surface area contributed by atoms with Crippen molar-refractivity contribution in [2.24, 2.45) is 0 Å². The van der Waals surface area contributed by atoms with E-state index in [1.165, 1.54) is 24.0 Å². The Kier molecular flexibility index (Phi) is 3.06. The average molecular weight is 293 g/mol. The smallest absolute Gasteiger partial charge is 0.254 e. The molecule has 5 heteroatoms. The molecular weight excluding hydrogens is 274 g/mol. The van der Waals surface area contributed by atoms with Crippen molar-refractivity contribution in [2.45, 2.75) is 39.2 Å². The zero-order valence-corrected chi connectivity index (χ0v) is 12.9. The summed E-state index contributed by atoms with van der Waals surface area (Å²) in [5.41, 5.74) is 4.97. The number of hydrogen-bond acceptors (Lipinski definition) is 4. The number of fused-ring (bicyclic) bond motifs is 2. The predicted octanol–water partition coefficient (Wildman–Crippen LogP) is 3.23. The molecule has 1 atom stereocenters. The molecule has 112 valence electrons. The van der Waals surface area contributed by atoms with E-state index in [4.69, 9.17) is 0 Å². The van der Waals surface area contributed by atoms with Crippen LogP contribution in [0.2, 0.25) is 0 Å². The molecule has 0 spiro atoms. The molecule has 5 nitrogen and oxygen atoms in total. The van der Waals surface area contributed by atoms with Gasteiger partial charge in [0.05, 0.1) is 6.04 Å². The van der Waals surface area contributed by atoms with E-state index in [1.807, 2.05) is 6.92 Å². The fraction of sp³-hybridized carbons (Fsp3) is 0.353. The summed E-state index contributed by atoms with van der Waals surface area (Å²) in [6.45, 7) is 4.10. The van der Waals surface area contributed by atoms with E-state index >= 15 is 0 Å². The number of benzene rings is 1. The first kappa shape index (κ1) is 13.2. The van der Waals surface area contributed by atoms with Crippen LogP contribution in [-0.4, -0.2) is 19.6 Å². The van der Waals surface area contributed by atoms with Crippen LogP contribution < -0.4 is 5.32 Å². The van der Waals surface area contributed by atoms with Crippen LogP contribution in [0.3, 0.4) is 0 Å². The molecule has 1 aliphatic carbocycles. The minimum absolute atomic E-state index is 0.317. The van der Waals surface area contributed by atoms with Crippen LogP contribution in [0, 0.1) is 13.8 Å². The van der Waals surface area contributed by atoms with Gasteiger partial charge in [-0.15, -0.1) is 0 Å². The molecule has 0 saturated carbocycles. The van der Waals surface area contributed by atoms with Crippen LogP contribution in [0.15, 0.2) is 30.6 Å². The van der Waals surface area contributed by atoms with Gasteiger partial charge in [0.15, 0.2) is 0 Å². The first-order chi connectivity index (χ1) is 10.7. The zero-order valence-electron chi connectivity index (χ0n) is 12.9. The highest BCUT2D eigenvalue weighted by atomic mass is 15.4. The lowest BCUT2D eigenvalue weighted by molar-refractivity contribution is 0.595. The summed E-state index contributed by atoms with van der Waals surface area (Å²) in [7, 11) is 0. The molecule has 22 heavy (non-hydrogen) atoms. The van der Waals surface area contributed by atoms with Crippen molar-refractivity contribution < 1.29 is 0 Å². The van der Waals surface area contributed by atoms with Crippen molar-refractivity contribution in [3.8, 4) is 0 Å². The Morgan fingerprint density at radius 1 is 1.23 bits per heavy atom. The van der Waals surface area contributed by atoms with Gasteiger partial charge in [-0.1, -0.05) is 24.3 Å². The van der Waals surface area contributed by atoms with Crippen LogP contribution in [0.25, 0.3) is 5.78 Å². The molecule has 2 heterocycles. The molecule has 3 aromatic rings. The summed E-state index contributed by atoms with van der Waals surface area (Å²) in [6, 6.07) is 9.03. The normalized spacial score (nSPS) is 17.5. The highest BCUT2D eigenvalue weighted by Crippen LogP contribution is 2.33. The van der Waals surface area contributed by atoms with Crippen molar-refractivity contribution in [1.29, 1.82) is 0 Å². The van der Waals surface area contributed by atoms with E-state index in [0.717, 1.165) is 23.5 Å². The Bertz CT molecular complexity index is 836. The molecule has 1 aromatic carbocycles. The van der Waals surface area contributed by atoms with E-state index < -0.39 is 0 Å². The Balaban J connectivity index is 1.79. The topological polar surface area (TPSA) is 55.1 Å². The highest BCUT2D eigenvalue weighted by molar-refractivity contribution is 5.53. The third-order valence-electron chi connectivity index (χ3n) is 4.59. The van der Waals surface area contributed by atoms with Crippen LogP contribution in [0.1, 0.15) is 41.3 Å². The molecule has 1 N–H and O–H groups in total. The second-order valence-electron chi connectivity index (χ2n) is 5.93. The van der Waals surface area contributed by atoms with Crippen LogP contribution in [-0.2, 0) is 6.42 Å². The van der Waals surface area contributed by atoms with Crippen molar-refractivity contribution in [3.63, 3.8) is 0 Å². The number of aryl methyl sites for hydroxylation is 2. The number of rotatable bonds is 2. The number of nitrogens with one attached hydrogen (secondary N) is 1. The van der Waals surface area contributed by atoms with Gasteiger partial charge >= 0.3 is 0 Å². The van der Waals surface area contributed by atoms with E-state index in [2.05, 4.69) is 51.6 Å². The zero-order chi connectivity index (χ0) is 15.1. The molecule has 1 aliphatic rings. The number of nitrogens with zero attached hydrogens (tertiary/aromatic N) is 4. The highest BCUT2D eigenvalue weighted by Gasteiger charge is 2.22. The molecule has 0 fully saturated rings. The fourth-order valence-electron chi connectivity index (χ4n) is 3.27. The number of hydrogen-bond donors (Lipinski definition) is 1. The Labute approximate surface area is 129 Å². The van der Waals surface area contributed by atoms with Crippen molar-refractivity contribution in [1.82, 2.24) is 19.6 Å². The lowest BCUT2D eigenvalue weighted by Crippen LogP contribution is -2.20. The molecular formula is C17H19N5. The lowest BCUT2D eigenvalue weighted by Gasteiger charge is -2.28. The van der Waals surface area contributed by atoms with Gasteiger partial charge < -0.3 is 5.32 Å². The van der Waals surface area contributed by atoms with Crippen LogP contribution >= 0.6 is 0 Å². The largest absolute Gasteiger partial charge is 0.363 e. The summed E-state index contributed by atoms with van der Waals surface area (Å²) >= 11 is 0. The number of anilines is 1. The van der Waals surface area contributed by atoms with Crippen molar-refractivity contribution in [2.75, 3.05) is 5.32 Å². The summed E-state index contributed by atoms with van der Waals surface area (Å²) < 4.78 is 1.81. The predicted molar refractivity (Wildman–Crippen MR) is 86.0 cm³/mol. The maximum Gasteiger partial charge on any atom is 0.254 e. The Morgan fingerprint density at radius 3 is 3.00 bits per heavy atom. The molecule has 0 amide bonds. The maximum atomic E-state index is 4.48. The van der Waals surface area contributed by atoms with Gasteiger partial charge in [-0.3, -0.25) is 0 Å². The molecule has 0 bridgehead atoms. The summed E-state index contributed by atoms with van der Waals surface area (Å²) in [6.07, 6.45) is 5.06. The second kappa shape index (κ2) is 5.09. The molecule has 0 unspecified atom stereocenters. The van der Waals surface area contributed by atoms with Gasteiger partial charge in [0.2, 0.25) is 0 Å². The van der Waals surface area contributed by atoms with E-state index in [-0.39, 0.29) is 0 Å². The van der Waals surface area contributed by atoms with Gasteiger partial charge in [-0.25, -0.2) is 4.98 Å². The van der Waals surface area contributed by atoms with Crippen LogP contribution in [0.5, 0.6) is 0 Å². The van der Waals surface area contributed by atoms with Gasteiger partial charge in [0.25, 0.3) is 5.78 Å². The van der Waals surface area contributed by atoms with Crippen molar-refractivity contribution in [3.05, 3.63) is 53.0 Å². The Hall–Kier alpha value is -2.43. The minimum Gasteiger partial charge on any atom is -0.363 e. The Morgan fingerprint density at radius 2 is 2.09 bits per heavy atom. The molecule has 0 radical (unpaired) electrons. The molecule has 2 aromatic heterocycles. The lowest BCUT2D eigenvalue weighted by atomic mass is 9.87. The number of aromatic nitrogens is 4. The third kappa shape index (κ3) is 2.04. The average Bonchev–Trinajstić information content (AvgIpc) is 3.00. The molecule has 0 aliphatic heterocycles. The van der Waals surface area contributed by atoms with Crippen molar-refractivity contribution >= 4 is 11.6 Å². The van der Waals surface area contributed by atoms with E-state index in [9.17, 15) is 0 Å².